The monoisotopic (exact) mass is 806 g/mol. The number of hydrogen-bond donors (Lipinski definition) is 0. The molecule has 10 aromatic rings. The topological polar surface area (TPSA) is 6.48 Å². The van der Waals surface area contributed by atoms with Gasteiger partial charge in [0.1, 0.15) is 0 Å². The van der Waals surface area contributed by atoms with E-state index in [1.165, 1.54) is 55.6 Å². The summed E-state index contributed by atoms with van der Waals surface area (Å²) in [6.07, 6.45) is 0. The SMILES string of the molecule is Cc1cc(-c2ccc(N(c3ccc(-c4ccccc4)cc3)c3ccc(-c4ccccc4)cc3)cc2)ccc1N(c1ccc(-c2ccccc2)cc1)c1ccc(-c2ccccc2)cc1. The molecule has 2 heteroatoms. The fraction of sp³-hybridized carbons (Fsp3) is 0.0164. The summed E-state index contributed by atoms with van der Waals surface area (Å²) in [5, 5.41) is 0. The minimum Gasteiger partial charge on any atom is -0.311 e. The predicted octanol–water partition coefficient (Wildman–Crippen LogP) is 17.3. The lowest BCUT2D eigenvalue weighted by molar-refractivity contribution is 1.25. The van der Waals surface area contributed by atoms with Crippen molar-refractivity contribution in [1.82, 2.24) is 0 Å². The maximum Gasteiger partial charge on any atom is 0.0491 e. The maximum absolute atomic E-state index is 2.37. The van der Waals surface area contributed by atoms with Crippen molar-refractivity contribution in [1.29, 1.82) is 0 Å². The van der Waals surface area contributed by atoms with Crippen LogP contribution < -0.4 is 9.80 Å². The van der Waals surface area contributed by atoms with Gasteiger partial charge in [-0.3, -0.25) is 0 Å². The van der Waals surface area contributed by atoms with E-state index in [4.69, 9.17) is 0 Å². The molecule has 10 rings (SSSR count). The zero-order chi connectivity index (χ0) is 42.4. The second-order valence-corrected chi connectivity index (χ2v) is 15.9. The zero-order valence-corrected chi connectivity index (χ0v) is 35.2. The largest absolute Gasteiger partial charge is 0.311 e. The molecule has 0 N–H and O–H groups in total. The Bertz CT molecular complexity index is 2870. The molecule has 0 aromatic heterocycles. The van der Waals surface area contributed by atoms with Gasteiger partial charge >= 0.3 is 0 Å². The van der Waals surface area contributed by atoms with Gasteiger partial charge in [0.15, 0.2) is 0 Å². The average Bonchev–Trinajstić information content (AvgIpc) is 3.37. The highest BCUT2D eigenvalue weighted by molar-refractivity contribution is 5.84. The first-order valence-corrected chi connectivity index (χ1v) is 21.6. The van der Waals surface area contributed by atoms with Gasteiger partial charge < -0.3 is 9.80 Å². The Hall–Kier alpha value is -8.20. The van der Waals surface area contributed by atoms with Gasteiger partial charge in [0.05, 0.1) is 0 Å². The molecule has 0 saturated carbocycles. The fourth-order valence-corrected chi connectivity index (χ4v) is 8.50. The van der Waals surface area contributed by atoms with Crippen molar-refractivity contribution in [3.8, 4) is 55.6 Å². The van der Waals surface area contributed by atoms with Crippen LogP contribution in [0.5, 0.6) is 0 Å². The summed E-state index contributed by atoms with van der Waals surface area (Å²) in [6, 6.07) is 93.6. The quantitative estimate of drug-likeness (QED) is 0.128. The van der Waals surface area contributed by atoms with Gasteiger partial charge in [-0.1, -0.05) is 188 Å². The lowest BCUT2D eigenvalue weighted by Gasteiger charge is -2.28. The van der Waals surface area contributed by atoms with Crippen LogP contribution in [0.25, 0.3) is 55.6 Å². The first-order valence-electron chi connectivity index (χ1n) is 21.6. The first-order chi connectivity index (χ1) is 31.1. The summed E-state index contributed by atoms with van der Waals surface area (Å²) in [5.74, 6) is 0. The molecular weight excluding hydrogens is 761 g/mol. The van der Waals surface area contributed by atoms with Crippen molar-refractivity contribution in [3.63, 3.8) is 0 Å². The second kappa shape index (κ2) is 17.8. The van der Waals surface area contributed by atoms with Gasteiger partial charge in [0, 0.05) is 34.1 Å². The van der Waals surface area contributed by atoms with Crippen LogP contribution >= 0.6 is 0 Å². The number of benzene rings is 10. The number of nitrogens with zero attached hydrogens (tertiary/aromatic N) is 2. The summed E-state index contributed by atoms with van der Waals surface area (Å²) in [7, 11) is 0. The van der Waals surface area contributed by atoms with Gasteiger partial charge in [0.25, 0.3) is 0 Å². The smallest absolute Gasteiger partial charge is 0.0491 e. The fourth-order valence-electron chi connectivity index (χ4n) is 8.50. The molecule has 0 amide bonds. The maximum atomic E-state index is 2.37. The van der Waals surface area contributed by atoms with Gasteiger partial charge in [-0.2, -0.15) is 0 Å². The van der Waals surface area contributed by atoms with Crippen molar-refractivity contribution >= 4 is 34.1 Å². The van der Waals surface area contributed by atoms with E-state index in [2.05, 4.69) is 278 Å². The van der Waals surface area contributed by atoms with Crippen LogP contribution in [0.4, 0.5) is 34.1 Å². The molecule has 0 fully saturated rings. The van der Waals surface area contributed by atoms with Gasteiger partial charge in [-0.15, -0.1) is 0 Å². The lowest BCUT2D eigenvalue weighted by Crippen LogP contribution is -2.11. The van der Waals surface area contributed by atoms with E-state index in [1.807, 2.05) is 0 Å². The summed E-state index contributed by atoms with van der Waals surface area (Å²) in [5.41, 5.74) is 19.8. The van der Waals surface area contributed by atoms with E-state index >= 15 is 0 Å². The Kier molecular flexibility index (Phi) is 11.0. The normalized spacial score (nSPS) is 10.9. The highest BCUT2D eigenvalue weighted by Crippen LogP contribution is 2.41. The molecule has 300 valence electrons. The van der Waals surface area contributed by atoms with Crippen molar-refractivity contribution in [3.05, 3.63) is 266 Å². The summed E-state index contributed by atoms with van der Waals surface area (Å²) in [4.78, 5) is 4.71. The highest BCUT2D eigenvalue weighted by Gasteiger charge is 2.18. The Morgan fingerprint density at radius 1 is 0.206 bits per heavy atom. The van der Waals surface area contributed by atoms with Crippen LogP contribution in [-0.4, -0.2) is 0 Å². The molecule has 0 radical (unpaired) electrons. The molecule has 2 nitrogen and oxygen atoms in total. The molecule has 0 saturated heterocycles. The van der Waals surface area contributed by atoms with Crippen LogP contribution in [0.15, 0.2) is 261 Å². The van der Waals surface area contributed by atoms with Crippen LogP contribution in [0.1, 0.15) is 5.56 Å². The Morgan fingerprint density at radius 3 is 0.698 bits per heavy atom. The van der Waals surface area contributed by atoms with E-state index in [0.29, 0.717) is 0 Å². The third kappa shape index (κ3) is 8.44. The van der Waals surface area contributed by atoms with E-state index in [0.717, 1.165) is 39.7 Å². The Balaban J connectivity index is 0.977. The van der Waals surface area contributed by atoms with Crippen LogP contribution in [-0.2, 0) is 0 Å². The Labute approximate surface area is 371 Å². The minimum atomic E-state index is 1.09. The van der Waals surface area contributed by atoms with Gasteiger partial charge in [-0.05, 0) is 141 Å². The Morgan fingerprint density at radius 2 is 0.429 bits per heavy atom. The summed E-state index contributed by atoms with van der Waals surface area (Å²) < 4.78 is 0. The van der Waals surface area contributed by atoms with Crippen molar-refractivity contribution in [2.75, 3.05) is 9.80 Å². The molecule has 0 aliphatic carbocycles. The van der Waals surface area contributed by atoms with E-state index in [-0.39, 0.29) is 0 Å². The second-order valence-electron chi connectivity index (χ2n) is 15.9. The average molecular weight is 807 g/mol. The third-order valence-electron chi connectivity index (χ3n) is 11.8. The van der Waals surface area contributed by atoms with E-state index in [9.17, 15) is 0 Å². The summed E-state index contributed by atoms with van der Waals surface area (Å²) >= 11 is 0. The molecule has 0 spiro atoms. The number of rotatable bonds is 11. The third-order valence-corrected chi connectivity index (χ3v) is 11.8. The molecule has 0 unspecified atom stereocenters. The molecule has 0 aliphatic heterocycles. The van der Waals surface area contributed by atoms with Gasteiger partial charge in [0.2, 0.25) is 0 Å². The van der Waals surface area contributed by atoms with E-state index < -0.39 is 0 Å². The number of hydrogen-bond acceptors (Lipinski definition) is 2. The van der Waals surface area contributed by atoms with Crippen molar-refractivity contribution in [2.24, 2.45) is 0 Å². The lowest BCUT2D eigenvalue weighted by atomic mass is 9.99. The molecule has 63 heavy (non-hydrogen) atoms. The number of aryl methyl sites for hydroxylation is 1. The summed E-state index contributed by atoms with van der Waals surface area (Å²) in [6.45, 7) is 2.22. The number of anilines is 6. The zero-order valence-electron chi connectivity index (χ0n) is 35.2. The van der Waals surface area contributed by atoms with E-state index in [1.54, 1.807) is 0 Å². The predicted molar refractivity (Wildman–Crippen MR) is 268 cm³/mol. The standard InChI is InChI=1S/C61H46N2/c1-45-44-55(32-43-61(45)63(59-39-26-52(27-40-59)48-18-10-4-11-19-48)60-41-28-53(29-42-60)49-20-12-5-13-21-49)54-30-37-58(38-31-54)62(56-33-22-50(23-34-56)46-14-6-2-7-15-46)57-35-24-51(25-36-57)47-16-8-3-9-17-47/h2-44H,1H3. The molecule has 10 aromatic carbocycles. The molecular formula is C61H46N2. The molecule has 0 atom stereocenters. The van der Waals surface area contributed by atoms with Crippen molar-refractivity contribution in [2.45, 2.75) is 6.92 Å². The molecule has 0 aliphatic rings. The molecule has 0 heterocycles. The minimum absolute atomic E-state index is 1.09. The van der Waals surface area contributed by atoms with Crippen LogP contribution in [0.3, 0.4) is 0 Å². The molecule has 0 bridgehead atoms. The first kappa shape index (κ1) is 39.0. The van der Waals surface area contributed by atoms with Crippen molar-refractivity contribution < 1.29 is 0 Å². The van der Waals surface area contributed by atoms with Crippen LogP contribution in [0, 0.1) is 6.92 Å². The highest BCUT2D eigenvalue weighted by atomic mass is 15.1. The van der Waals surface area contributed by atoms with Crippen LogP contribution in [0.2, 0.25) is 0 Å². The van der Waals surface area contributed by atoms with Gasteiger partial charge in [-0.25, -0.2) is 0 Å².